The summed E-state index contributed by atoms with van der Waals surface area (Å²) in [5, 5.41) is 0. The maximum absolute atomic E-state index is 8.58. The van der Waals surface area contributed by atoms with Crippen LogP contribution in [0.15, 0.2) is 0 Å². The van der Waals surface area contributed by atoms with Crippen molar-refractivity contribution < 1.29 is 40.8 Å². The van der Waals surface area contributed by atoms with Crippen LogP contribution in [0.25, 0.3) is 0 Å². The Morgan fingerprint density at radius 3 is 1.14 bits per heavy atom. The summed E-state index contributed by atoms with van der Waals surface area (Å²) in [6.07, 6.45) is 2.39. The van der Waals surface area contributed by atoms with E-state index in [1.807, 2.05) is 0 Å². The van der Waals surface area contributed by atoms with Crippen molar-refractivity contribution in [2.75, 3.05) is 0 Å². The molecule has 5 nitrogen and oxygen atoms in total. The molecule has 0 saturated carbocycles. The first-order chi connectivity index (χ1) is 6.27. The summed E-state index contributed by atoms with van der Waals surface area (Å²) >= 11 is -4.08. The molecule has 6 N–H and O–H groups in total. The zero-order valence-corrected chi connectivity index (χ0v) is 11.3. The number of quaternary nitrogens is 2. The first kappa shape index (κ1) is 19.9. The van der Waals surface area contributed by atoms with Crippen molar-refractivity contribution in [1.82, 2.24) is 0 Å². The van der Waals surface area contributed by atoms with Crippen molar-refractivity contribution in [2.45, 2.75) is 52.6 Å². The molecule has 0 rings (SSSR count). The van der Waals surface area contributed by atoms with Gasteiger partial charge in [-0.05, 0) is 26.7 Å². The zero-order valence-electron chi connectivity index (χ0n) is 9.71. The van der Waals surface area contributed by atoms with Crippen molar-refractivity contribution in [1.29, 1.82) is 0 Å². The van der Waals surface area contributed by atoms with Crippen molar-refractivity contribution >= 4 is 0 Å². The molecule has 0 aliphatic rings. The van der Waals surface area contributed by atoms with Crippen LogP contribution in [0.2, 0.25) is 0 Å². The molecule has 0 amide bonds. The summed E-state index contributed by atoms with van der Waals surface area (Å²) < 4.78 is 25.8. The van der Waals surface area contributed by atoms with Crippen LogP contribution in [0, 0.1) is 0 Å². The number of hydrogen-bond acceptors (Lipinski definition) is 3. The Morgan fingerprint density at radius 1 is 1.07 bits per heavy atom. The normalized spacial score (nSPS) is 12.6. The van der Waals surface area contributed by atoms with Crippen LogP contribution in [0.1, 0.15) is 40.5 Å². The molecular weight excluding hydrogens is 220 g/mol. The van der Waals surface area contributed by atoms with Crippen LogP contribution in [0.3, 0.4) is 0 Å². The van der Waals surface area contributed by atoms with Gasteiger partial charge in [0.05, 0.1) is 12.1 Å². The molecule has 6 heteroatoms. The van der Waals surface area contributed by atoms with Crippen LogP contribution < -0.4 is 18.8 Å². The summed E-state index contributed by atoms with van der Waals surface area (Å²) in [6.45, 7) is 8.50. The van der Waals surface area contributed by atoms with E-state index in [4.69, 9.17) is 10.7 Å². The Balaban J connectivity index is -0.000000131. The van der Waals surface area contributed by atoms with Gasteiger partial charge in [0, 0.05) is 0 Å². The summed E-state index contributed by atoms with van der Waals surface area (Å²) in [4.78, 5) is 0. The molecule has 2 unspecified atom stereocenters. The second-order valence-corrected chi connectivity index (χ2v) is 4.06. The van der Waals surface area contributed by atoms with Gasteiger partial charge < -0.3 is 11.5 Å². The van der Waals surface area contributed by atoms with Crippen LogP contribution in [0.5, 0.6) is 0 Å². The Bertz CT molecular complexity index is 109. The first-order valence-electron chi connectivity index (χ1n) is 4.81. The van der Waals surface area contributed by atoms with E-state index in [1.54, 1.807) is 0 Å². The SMILES string of the molecule is CCC(C)[NH3+].CCC(C)[NH3+].[O]=[Ti]([O-])[O-]. The van der Waals surface area contributed by atoms with Crippen molar-refractivity contribution in [3.05, 3.63) is 0 Å². The zero-order chi connectivity index (χ0) is 12.1. The van der Waals surface area contributed by atoms with Gasteiger partial charge in [-0.15, -0.1) is 0 Å². The van der Waals surface area contributed by atoms with Crippen molar-refractivity contribution in [3.63, 3.8) is 0 Å². The molecule has 0 radical (unpaired) electrons. The molecule has 88 valence electrons. The monoisotopic (exact) mass is 244 g/mol. The second-order valence-electron chi connectivity index (χ2n) is 3.28. The number of rotatable bonds is 2. The minimum atomic E-state index is -4.08. The van der Waals surface area contributed by atoms with Crippen LogP contribution in [0.4, 0.5) is 0 Å². The van der Waals surface area contributed by atoms with E-state index >= 15 is 0 Å². The third-order valence-corrected chi connectivity index (χ3v) is 1.39. The van der Waals surface area contributed by atoms with E-state index in [1.165, 1.54) is 12.8 Å². The molecule has 0 aliphatic heterocycles. The molecule has 0 bridgehead atoms. The predicted octanol–water partition coefficient (Wildman–Crippen LogP) is -2.45. The number of hydrogen-bond donors (Lipinski definition) is 2. The van der Waals surface area contributed by atoms with Gasteiger partial charge in [-0.1, -0.05) is 13.8 Å². The summed E-state index contributed by atoms with van der Waals surface area (Å²) in [5.74, 6) is 0. The van der Waals surface area contributed by atoms with E-state index in [2.05, 4.69) is 39.2 Å². The molecule has 0 fully saturated rings. The second kappa shape index (κ2) is 15.8. The Hall–Kier alpha value is 0.354. The minimum absolute atomic E-state index is 0.634. The predicted molar refractivity (Wildman–Crippen MR) is 46.0 cm³/mol. The van der Waals surface area contributed by atoms with Gasteiger partial charge in [0.1, 0.15) is 0 Å². The topological polar surface area (TPSA) is 118 Å². The van der Waals surface area contributed by atoms with Gasteiger partial charge in [-0.25, -0.2) is 0 Å². The standard InChI is InChI=1S/2C4H11N.3O.Ti/c2*1-3-4(2)5;;;;/h2*4H,3,5H2,1-2H3;;;;/q;;;2*-1;/p+2. The molecule has 14 heavy (non-hydrogen) atoms. The van der Waals surface area contributed by atoms with E-state index in [0.29, 0.717) is 12.1 Å². The van der Waals surface area contributed by atoms with E-state index in [-0.39, 0.29) is 0 Å². The summed E-state index contributed by atoms with van der Waals surface area (Å²) in [5.41, 5.74) is 7.51. The fourth-order valence-electron chi connectivity index (χ4n) is 0. The summed E-state index contributed by atoms with van der Waals surface area (Å²) in [7, 11) is 0. The molecule has 0 aromatic carbocycles. The van der Waals surface area contributed by atoms with Crippen LogP contribution >= 0.6 is 0 Å². The third kappa shape index (κ3) is 84.0. The van der Waals surface area contributed by atoms with Gasteiger partial charge in [-0.2, -0.15) is 0 Å². The van der Waals surface area contributed by atoms with Gasteiger partial charge in [0.15, 0.2) is 0 Å². The first-order valence-corrected chi connectivity index (χ1v) is 6.73. The molecule has 0 heterocycles. The fourth-order valence-corrected chi connectivity index (χ4v) is 0. The fraction of sp³-hybridized carbons (Fsp3) is 1.00. The Morgan fingerprint density at radius 2 is 1.14 bits per heavy atom. The maximum atomic E-state index is 8.58. The molecule has 2 atom stereocenters. The van der Waals surface area contributed by atoms with E-state index < -0.39 is 18.6 Å². The molecule has 0 saturated heterocycles. The molecule has 0 aliphatic carbocycles. The Labute approximate surface area is 93.6 Å². The summed E-state index contributed by atoms with van der Waals surface area (Å²) in [6, 6.07) is 1.27. The van der Waals surface area contributed by atoms with Crippen LogP contribution in [-0.4, -0.2) is 12.1 Å². The van der Waals surface area contributed by atoms with E-state index in [0.717, 1.165) is 0 Å². The average Bonchev–Trinajstić information content (AvgIpc) is 2.04. The quantitative estimate of drug-likeness (QED) is 0.525. The van der Waals surface area contributed by atoms with Gasteiger partial charge in [-0.3, -0.25) is 0 Å². The van der Waals surface area contributed by atoms with Gasteiger partial charge in [0.2, 0.25) is 0 Å². The van der Waals surface area contributed by atoms with Crippen molar-refractivity contribution in [2.24, 2.45) is 0 Å². The third-order valence-electron chi connectivity index (χ3n) is 1.39. The molecule has 0 aromatic heterocycles. The van der Waals surface area contributed by atoms with Crippen molar-refractivity contribution in [3.8, 4) is 0 Å². The molecular formula is C8H24N2O3Ti. The van der Waals surface area contributed by atoms with Crippen LogP contribution in [-0.2, 0) is 21.9 Å². The molecule has 0 aromatic rings. The van der Waals surface area contributed by atoms with E-state index in [9.17, 15) is 0 Å². The average molecular weight is 244 g/mol. The van der Waals surface area contributed by atoms with Gasteiger partial charge >= 0.3 is 29.3 Å². The Kier molecular flexibility index (Phi) is 22.4. The van der Waals surface area contributed by atoms with Gasteiger partial charge in [0.25, 0.3) is 0 Å². The molecule has 0 spiro atoms.